The quantitative estimate of drug-likeness (QED) is 0.200. The van der Waals surface area contributed by atoms with E-state index in [2.05, 4.69) is 32.2 Å². The normalized spacial score (nSPS) is 15.5. The highest BCUT2D eigenvalue weighted by Gasteiger charge is 2.23. The Bertz CT molecular complexity index is 1440. The third kappa shape index (κ3) is 5.92. The fourth-order valence-corrected chi connectivity index (χ4v) is 4.78. The van der Waals surface area contributed by atoms with Crippen molar-refractivity contribution >= 4 is 39.7 Å². The Hall–Kier alpha value is -4.02. The zero-order valence-electron chi connectivity index (χ0n) is 20.8. The summed E-state index contributed by atoms with van der Waals surface area (Å²) in [5.41, 5.74) is 1.83. The van der Waals surface area contributed by atoms with Gasteiger partial charge in [0.15, 0.2) is 5.75 Å². The number of nitrogens with one attached hydrogen (secondary N) is 1. The monoisotopic (exact) mass is 534 g/mol. The lowest BCUT2D eigenvalue weighted by Gasteiger charge is -2.19. The molecule has 1 aliphatic rings. The first-order valence-electron chi connectivity index (χ1n) is 12.3. The fourth-order valence-electron chi connectivity index (χ4n) is 4.55. The average Bonchev–Trinajstić information content (AvgIpc) is 3.33. The van der Waals surface area contributed by atoms with Gasteiger partial charge in [0.05, 0.1) is 33.1 Å². The molecule has 0 aliphatic carbocycles. The van der Waals surface area contributed by atoms with E-state index < -0.39 is 4.92 Å². The summed E-state index contributed by atoms with van der Waals surface area (Å²) in [5, 5.41) is 16.0. The maximum absolute atomic E-state index is 11.9. The summed E-state index contributed by atoms with van der Waals surface area (Å²) >= 11 is 6.45. The molecule has 10 nitrogen and oxygen atoms in total. The van der Waals surface area contributed by atoms with Gasteiger partial charge in [0.2, 0.25) is 0 Å². The molecule has 11 heteroatoms. The summed E-state index contributed by atoms with van der Waals surface area (Å²) in [4.78, 5) is 26.6. The lowest BCUT2D eigenvalue weighted by Crippen LogP contribution is -2.26. The van der Waals surface area contributed by atoms with Gasteiger partial charge in [0.1, 0.15) is 24.5 Å². The van der Waals surface area contributed by atoms with Crippen LogP contribution in [0.4, 0.5) is 17.2 Å². The minimum atomic E-state index is -0.447. The number of nitrogens with zero attached hydrogens (tertiary/aromatic N) is 5. The van der Waals surface area contributed by atoms with E-state index in [-0.39, 0.29) is 18.0 Å². The Morgan fingerprint density at radius 1 is 1.13 bits per heavy atom. The standard InChI is InChI=1S/C27H27ClN6O4/c1-33-11-4-6-20(33)9-12-37-26-15-23-21(14-24(26)34(35)36)27(31-17-30-23)32-18-7-8-25(22(28)13-18)38-16-19-5-2-3-10-29-19/h2-3,5,7-8,10,13-15,17,20H,4,6,9,11-12,16H2,1H3,(H,30,31,32). The maximum Gasteiger partial charge on any atom is 0.311 e. The molecule has 2 aromatic heterocycles. The molecule has 3 heterocycles. The molecule has 4 aromatic rings. The van der Waals surface area contributed by atoms with Crippen molar-refractivity contribution in [3.8, 4) is 11.5 Å². The molecular weight excluding hydrogens is 508 g/mol. The van der Waals surface area contributed by atoms with Gasteiger partial charge in [0, 0.05) is 30.1 Å². The fraction of sp³-hybridized carbons (Fsp3) is 0.296. The van der Waals surface area contributed by atoms with Crippen LogP contribution in [0, 0.1) is 10.1 Å². The van der Waals surface area contributed by atoms with Gasteiger partial charge < -0.3 is 19.7 Å². The van der Waals surface area contributed by atoms with Gasteiger partial charge in [-0.05, 0) is 63.2 Å². The number of ether oxygens (including phenoxy) is 2. The summed E-state index contributed by atoms with van der Waals surface area (Å²) in [5.74, 6) is 1.12. The predicted octanol–water partition coefficient (Wildman–Crippen LogP) is 5.77. The first kappa shape index (κ1) is 25.6. The van der Waals surface area contributed by atoms with Crippen LogP contribution in [-0.2, 0) is 6.61 Å². The lowest BCUT2D eigenvalue weighted by molar-refractivity contribution is -0.385. The highest BCUT2D eigenvalue weighted by atomic mass is 35.5. The first-order chi connectivity index (χ1) is 18.5. The highest BCUT2D eigenvalue weighted by molar-refractivity contribution is 6.32. The van der Waals surface area contributed by atoms with Crippen molar-refractivity contribution in [1.82, 2.24) is 19.9 Å². The van der Waals surface area contributed by atoms with Crippen LogP contribution in [0.2, 0.25) is 5.02 Å². The molecule has 1 N–H and O–H groups in total. The van der Waals surface area contributed by atoms with Crippen LogP contribution in [0.25, 0.3) is 10.9 Å². The molecule has 1 saturated heterocycles. The van der Waals surface area contributed by atoms with Crippen LogP contribution in [0.15, 0.2) is 61.1 Å². The number of halogens is 1. The smallest absolute Gasteiger partial charge is 0.311 e. The minimum absolute atomic E-state index is 0.133. The van der Waals surface area contributed by atoms with E-state index in [1.54, 1.807) is 30.5 Å². The number of nitro groups is 1. The zero-order chi connectivity index (χ0) is 26.5. The third-order valence-electron chi connectivity index (χ3n) is 6.59. The molecule has 1 aliphatic heterocycles. The number of aromatic nitrogens is 3. The van der Waals surface area contributed by atoms with E-state index in [0.717, 1.165) is 31.5 Å². The van der Waals surface area contributed by atoms with E-state index >= 15 is 0 Å². The van der Waals surface area contributed by atoms with Gasteiger partial charge in [-0.1, -0.05) is 17.7 Å². The van der Waals surface area contributed by atoms with E-state index in [0.29, 0.717) is 45.8 Å². The van der Waals surface area contributed by atoms with E-state index in [9.17, 15) is 10.1 Å². The van der Waals surface area contributed by atoms with Gasteiger partial charge in [-0.15, -0.1) is 0 Å². The molecule has 38 heavy (non-hydrogen) atoms. The molecule has 1 unspecified atom stereocenters. The molecular formula is C27H27ClN6O4. The van der Waals surface area contributed by atoms with Gasteiger partial charge in [-0.3, -0.25) is 15.1 Å². The Morgan fingerprint density at radius 3 is 2.76 bits per heavy atom. The number of rotatable bonds is 10. The van der Waals surface area contributed by atoms with Crippen molar-refractivity contribution in [1.29, 1.82) is 0 Å². The van der Waals surface area contributed by atoms with Crippen LogP contribution in [-0.4, -0.2) is 51.0 Å². The second-order valence-corrected chi connectivity index (χ2v) is 9.52. The van der Waals surface area contributed by atoms with Crippen LogP contribution in [0.1, 0.15) is 25.0 Å². The van der Waals surface area contributed by atoms with Gasteiger partial charge in [0.25, 0.3) is 0 Å². The number of nitro benzene ring substituents is 1. The number of benzene rings is 2. The maximum atomic E-state index is 11.9. The van der Waals surface area contributed by atoms with Crippen molar-refractivity contribution in [2.75, 3.05) is 25.5 Å². The van der Waals surface area contributed by atoms with Crippen LogP contribution in [0.3, 0.4) is 0 Å². The van der Waals surface area contributed by atoms with E-state index in [1.165, 1.54) is 12.4 Å². The Kier molecular flexibility index (Phi) is 7.81. The lowest BCUT2D eigenvalue weighted by atomic mass is 10.1. The largest absolute Gasteiger partial charge is 0.487 e. The summed E-state index contributed by atoms with van der Waals surface area (Å²) in [7, 11) is 2.09. The minimum Gasteiger partial charge on any atom is -0.487 e. The molecule has 5 rings (SSSR count). The molecule has 0 spiro atoms. The summed E-state index contributed by atoms with van der Waals surface area (Å²) in [6, 6.07) is 14.3. The third-order valence-corrected chi connectivity index (χ3v) is 6.88. The van der Waals surface area contributed by atoms with Crippen molar-refractivity contribution in [3.05, 3.63) is 81.9 Å². The Labute approximate surface area is 224 Å². The number of pyridine rings is 1. The molecule has 0 amide bonds. The zero-order valence-corrected chi connectivity index (χ0v) is 21.6. The highest BCUT2D eigenvalue weighted by Crippen LogP contribution is 2.36. The predicted molar refractivity (Wildman–Crippen MR) is 145 cm³/mol. The van der Waals surface area contributed by atoms with Crippen LogP contribution in [0.5, 0.6) is 11.5 Å². The van der Waals surface area contributed by atoms with Crippen molar-refractivity contribution in [3.63, 3.8) is 0 Å². The second-order valence-electron chi connectivity index (χ2n) is 9.11. The average molecular weight is 535 g/mol. The van der Waals surface area contributed by atoms with Crippen LogP contribution >= 0.6 is 11.6 Å². The van der Waals surface area contributed by atoms with Gasteiger partial charge >= 0.3 is 5.69 Å². The van der Waals surface area contributed by atoms with Gasteiger partial charge in [-0.25, -0.2) is 9.97 Å². The van der Waals surface area contributed by atoms with Crippen LogP contribution < -0.4 is 14.8 Å². The summed E-state index contributed by atoms with van der Waals surface area (Å²) < 4.78 is 11.7. The van der Waals surface area contributed by atoms with E-state index in [4.69, 9.17) is 21.1 Å². The number of fused-ring (bicyclic) bond motifs is 1. The van der Waals surface area contributed by atoms with E-state index in [1.807, 2.05) is 18.2 Å². The number of hydrogen-bond acceptors (Lipinski definition) is 9. The topological polar surface area (TPSA) is 116 Å². The SMILES string of the molecule is CN1CCCC1CCOc1cc2ncnc(Nc3ccc(OCc4ccccn4)c(Cl)c3)c2cc1[N+](=O)[O-]. The number of likely N-dealkylation sites (tertiary alicyclic amines) is 1. The second kappa shape index (κ2) is 11.6. The first-order valence-corrected chi connectivity index (χ1v) is 12.7. The molecule has 1 atom stereocenters. The summed E-state index contributed by atoms with van der Waals surface area (Å²) in [6.07, 6.45) is 6.19. The molecule has 2 aromatic carbocycles. The van der Waals surface area contributed by atoms with Crippen molar-refractivity contribution in [2.45, 2.75) is 31.9 Å². The van der Waals surface area contributed by atoms with Gasteiger partial charge in [-0.2, -0.15) is 0 Å². The number of anilines is 2. The van der Waals surface area contributed by atoms with Crippen molar-refractivity contribution < 1.29 is 14.4 Å². The molecule has 0 bridgehead atoms. The molecule has 0 radical (unpaired) electrons. The molecule has 196 valence electrons. The Morgan fingerprint density at radius 2 is 2.03 bits per heavy atom. The molecule has 0 saturated carbocycles. The number of hydrogen-bond donors (Lipinski definition) is 1. The Balaban J connectivity index is 1.33. The van der Waals surface area contributed by atoms with Crippen molar-refractivity contribution in [2.24, 2.45) is 0 Å². The summed E-state index contributed by atoms with van der Waals surface area (Å²) in [6.45, 7) is 1.75. The molecule has 1 fully saturated rings.